The largest absolute Gasteiger partial charge is 0.307 e. The fourth-order valence-corrected chi connectivity index (χ4v) is 2.76. The van der Waals surface area contributed by atoms with Crippen molar-refractivity contribution in [3.8, 4) is 11.3 Å². The number of fused-ring (bicyclic) bond motifs is 1. The van der Waals surface area contributed by atoms with Gasteiger partial charge in [0.2, 0.25) is 0 Å². The molecule has 0 aliphatic heterocycles. The summed E-state index contributed by atoms with van der Waals surface area (Å²) in [4.78, 5) is 25.9. The van der Waals surface area contributed by atoms with Gasteiger partial charge in [-0.25, -0.2) is 9.97 Å². The zero-order valence-electron chi connectivity index (χ0n) is 14.2. The standard InChI is InChI=1S/C21H16N4O/c1-14-6-7-20(23-13-14)25-21(26)17-12-19(15-8-10-22-11-9-15)24-18-5-3-2-4-16(17)18/h2-13H,1H3,(H,23,25,26). The van der Waals surface area contributed by atoms with Gasteiger partial charge in [0.15, 0.2) is 0 Å². The van der Waals surface area contributed by atoms with Crippen LogP contribution in [0.4, 0.5) is 5.82 Å². The van der Waals surface area contributed by atoms with Crippen LogP contribution in [-0.2, 0) is 0 Å². The highest BCUT2D eigenvalue weighted by molar-refractivity contribution is 6.12. The molecule has 0 bridgehead atoms. The number of aryl methyl sites for hydroxylation is 1. The Morgan fingerprint density at radius 1 is 1.00 bits per heavy atom. The first kappa shape index (κ1) is 15.9. The van der Waals surface area contributed by atoms with Gasteiger partial charge in [0, 0.05) is 29.5 Å². The molecule has 0 fully saturated rings. The molecule has 0 atom stereocenters. The zero-order valence-corrected chi connectivity index (χ0v) is 14.2. The van der Waals surface area contributed by atoms with Gasteiger partial charge < -0.3 is 5.32 Å². The fourth-order valence-electron chi connectivity index (χ4n) is 2.76. The molecular formula is C21H16N4O. The number of pyridine rings is 3. The Balaban J connectivity index is 1.79. The van der Waals surface area contributed by atoms with Gasteiger partial charge in [-0.2, -0.15) is 0 Å². The van der Waals surface area contributed by atoms with E-state index in [1.807, 2.05) is 49.4 Å². The topological polar surface area (TPSA) is 67.8 Å². The van der Waals surface area contributed by atoms with Crippen LogP contribution >= 0.6 is 0 Å². The van der Waals surface area contributed by atoms with Crippen LogP contribution in [0.2, 0.25) is 0 Å². The number of hydrogen-bond donors (Lipinski definition) is 1. The van der Waals surface area contributed by atoms with Gasteiger partial charge in [-0.15, -0.1) is 0 Å². The predicted octanol–water partition coefficient (Wildman–Crippen LogP) is 4.25. The van der Waals surface area contributed by atoms with E-state index in [1.165, 1.54) is 0 Å². The second-order valence-electron chi connectivity index (χ2n) is 5.98. The molecule has 0 unspecified atom stereocenters. The number of benzene rings is 1. The molecule has 0 saturated heterocycles. The molecule has 0 aliphatic carbocycles. The van der Waals surface area contributed by atoms with Crippen LogP contribution in [0.5, 0.6) is 0 Å². The third kappa shape index (κ3) is 3.15. The van der Waals surface area contributed by atoms with Crippen molar-refractivity contribution < 1.29 is 4.79 Å². The monoisotopic (exact) mass is 340 g/mol. The maximum atomic E-state index is 12.9. The lowest BCUT2D eigenvalue weighted by Crippen LogP contribution is -2.14. The maximum Gasteiger partial charge on any atom is 0.257 e. The minimum absolute atomic E-state index is 0.213. The van der Waals surface area contributed by atoms with Crippen LogP contribution in [0.3, 0.4) is 0 Å². The van der Waals surface area contributed by atoms with Crippen molar-refractivity contribution in [1.82, 2.24) is 15.0 Å². The Morgan fingerprint density at radius 3 is 2.58 bits per heavy atom. The third-order valence-electron chi connectivity index (χ3n) is 4.09. The summed E-state index contributed by atoms with van der Waals surface area (Å²) in [6.45, 7) is 1.95. The van der Waals surface area contributed by atoms with E-state index in [1.54, 1.807) is 30.7 Å². The number of carbonyl (C=O) groups is 1. The van der Waals surface area contributed by atoms with Crippen molar-refractivity contribution in [2.75, 3.05) is 5.32 Å². The van der Waals surface area contributed by atoms with Crippen LogP contribution in [-0.4, -0.2) is 20.9 Å². The Morgan fingerprint density at radius 2 is 1.81 bits per heavy atom. The smallest absolute Gasteiger partial charge is 0.257 e. The molecule has 4 rings (SSSR count). The SMILES string of the molecule is Cc1ccc(NC(=O)c2cc(-c3ccncc3)nc3ccccc23)nc1. The van der Waals surface area contributed by atoms with Gasteiger partial charge in [-0.1, -0.05) is 24.3 Å². The summed E-state index contributed by atoms with van der Waals surface area (Å²) in [5, 5.41) is 3.67. The number of nitrogens with one attached hydrogen (secondary N) is 1. The minimum Gasteiger partial charge on any atom is -0.307 e. The van der Waals surface area contributed by atoms with E-state index in [-0.39, 0.29) is 5.91 Å². The van der Waals surface area contributed by atoms with Crippen LogP contribution in [0.15, 0.2) is 73.2 Å². The van der Waals surface area contributed by atoms with Gasteiger partial charge in [0.05, 0.1) is 16.8 Å². The summed E-state index contributed by atoms with van der Waals surface area (Å²) in [5.74, 6) is 0.308. The Kier molecular flexibility index (Phi) is 4.11. The van der Waals surface area contributed by atoms with Crippen molar-refractivity contribution in [2.45, 2.75) is 6.92 Å². The lowest BCUT2D eigenvalue weighted by atomic mass is 10.0. The highest BCUT2D eigenvalue weighted by Crippen LogP contribution is 2.25. The summed E-state index contributed by atoms with van der Waals surface area (Å²) < 4.78 is 0. The van der Waals surface area contributed by atoms with Crippen LogP contribution in [0, 0.1) is 6.92 Å². The zero-order chi connectivity index (χ0) is 17.9. The van der Waals surface area contributed by atoms with Crippen LogP contribution < -0.4 is 5.32 Å². The number of anilines is 1. The predicted molar refractivity (Wildman–Crippen MR) is 102 cm³/mol. The van der Waals surface area contributed by atoms with Crippen molar-refractivity contribution in [2.24, 2.45) is 0 Å². The molecule has 5 nitrogen and oxygen atoms in total. The quantitative estimate of drug-likeness (QED) is 0.605. The summed E-state index contributed by atoms with van der Waals surface area (Å²) in [6, 6.07) is 16.9. The van der Waals surface area contributed by atoms with Gasteiger partial charge in [0.1, 0.15) is 5.82 Å². The van der Waals surface area contributed by atoms with E-state index < -0.39 is 0 Å². The Hall–Kier alpha value is -3.60. The Bertz CT molecular complexity index is 1080. The minimum atomic E-state index is -0.213. The molecular weight excluding hydrogens is 324 g/mol. The van der Waals surface area contributed by atoms with Crippen LogP contribution in [0.25, 0.3) is 22.2 Å². The average Bonchev–Trinajstić information content (AvgIpc) is 2.69. The van der Waals surface area contributed by atoms with Crippen molar-refractivity contribution in [1.29, 1.82) is 0 Å². The summed E-state index contributed by atoms with van der Waals surface area (Å²) in [7, 11) is 0. The highest BCUT2D eigenvalue weighted by Gasteiger charge is 2.14. The molecule has 3 heterocycles. The molecule has 4 aromatic rings. The molecule has 0 aliphatic rings. The molecule has 0 spiro atoms. The number of para-hydroxylation sites is 1. The molecule has 126 valence electrons. The molecule has 5 heteroatoms. The lowest BCUT2D eigenvalue weighted by molar-refractivity contribution is 0.102. The maximum absolute atomic E-state index is 12.9. The van der Waals surface area contributed by atoms with E-state index in [4.69, 9.17) is 0 Å². The van der Waals surface area contributed by atoms with Crippen LogP contribution in [0.1, 0.15) is 15.9 Å². The first-order valence-electron chi connectivity index (χ1n) is 8.25. The van der Waals surface area contributed by atoms with Crippen molar-refractivity contribution >= 4 is 22.6 Å². The molecule has 1 amide bonds. The fraction of sp³-hybridized carbons (Fsp3) is 0.0476. The van der Waals surface area contributed by atoms with E-state index in [0.717, 1.165) is 27.7 Å². The van der Waals surface area contributed by atoms with E-state index in [2.05, 4.69) is 20.3 Å². The molecule has 3 aromatic heterocycles. The number of amides is 1. The lowest BCUT2D eigenvalue weighted by Gasteiger charge is -2.10. The molecule has 0 radical (unpaired) electrons. The van der Waals surface area contributed by atoms with Gasteiger partial charge in [0.25, 0.3) is 5.91 Å². The van der Waals surface area contributed by atoms with Crippen molar-refractivity contribution in [3.63, 3.8) is 0 Å². The van der Waals surface area contributed by atoms with E-state index in [9.17, 15) is 4.79 Å². The second kappa shape index (κ2) is 6.72. The number of aromatic nitrogens is 3. The molecule has 1 aromatic carbocycles. The first-order valence-corrected chi connectivity index (χ1v) is 8.25. The first-order chi connectivity index (χ1) is 12.7. The highest BCUT2D eigenvalue weighted by atomic mass is 16.1. The second-order valence-corrected chi connectivity index (χ2v) is 5.98. The number of nitrogens with zero attached hydrogens (tertiary/aromatic N) is 3. The normalized spacial score (nSPS) is 10.7. The average molecular weight is 340 g/mol. The third-order valence-corrected chi connectivity index (χ3v) is 4.09. The Labute approximate surface area is 150 Å². The molecule has 1 N–H and O–H groups in total. The number of rotatable bonds is 3. The molecule has 26 heavy (non-hydrogen) atoms. The summed E-state index contributed by atoms with van der Waals surface area (Å²) in [5.41, 5.74) is 4.01. The number of hydrogen-bond acceptors (Lipinski definition) is 4. The van der Waals surface area contributed by atoms with Crippen molar-refractivity contribution in [3.05, 3.63) is 84.3 Å². The van der Waals surface area contributed by atoms with Gasteiger partial charge >= 0.3 is 0 Å². The molecule has 0 saturated carbocycles. The van der Waals surface area contributed by atoms with Gasteiger partial charge in [-0.05, 0) is 42.8 Å². The summed E-state index contributed by atoms with van der Waals surface area (Å²) >= 11 is 0. The van der Waals surface area contributed by atoms with E-state index in [0.29, 0.717) is 11.4 Å². The number of carbonyl (C=O) groups excluding carboxylic acids is 1. The van der Waals surface area contributed by atoms with Gasteiger partial charge in [-0.3, -0.25) is 9.78 Å². The van der Waals surface area contributed by atoms with E-state index >= 15 is 0 Å². The summed E-state index contributed by atoms with van der Waals surface area (Å²) in [6.07, 6.45) is 5.15.